The highest BCUT2D eigenvalue weighted by atomic mass is 28.3. The molecule has 3 aliphatic rings. The first-order chi connectivity index (χ1) is 23.0. The molecule has 0 saturated carbocycles. The Morgan fingerprint density at radius 2 is 1.59 bits per heavy atom. The molecule has 0 aromatic carbocycles. The van der Waals surface area contributed by atoms with Crippen LogP contribution in [-0.4, -0.2) is 103 Å². The Morgan fingerprint density at radius 3 is 2.18 bits per heavy atom. The maximum atomic E-state index is 12.5. The van der Waals surface area contributed by atoms with Gasteiger partial charge in [-0.1, -0.05) is 62.2 Å². The Labute approximate surface area is 294 Å². The van der Waals surface area contributed by atoms with Crippen LogP contribution < -0.4 is 0 Å². The molecule has 278 valence electrons. The predicted molar refractivity (Wildman–Crippen MR) is 190 cm³/mol. The Kier molecular flexibility index (Phi) is 15.1. The highest BCUT2D eigenvalue weighted by Gasteiger charge is 2.52. The molecule has 1 unspecified atom stereocenters. The lowest BCUT2D eigenvalue weighted by atomic mass is 9.87. The Bertz CT molecular complexity index is 1210. The Hall–Kier alpha value is -2.04. The summed E-state index contributed by atoms with van der Waals surface area (Å²) in [6.45, 7) is 17.3. The van der Waals surface area contributed by atoms with Gasteiger partial charge in [0.15, 0.2) is 6.10 Å². The molecule has 3 aliphatic heterocycles. The molecule has 3 N–H and O–H groups in total. The zero-order chi connectivity index (χ0) is 36.6. The quantitative estimate of drug-likeness (QED) is 0.110. The smallest absolute Gasteiger partial charge is 0.311 e. The van der Waals surface area contributed by atoms with Gasteiger partial charge in [0.05, 0.1) is 49.4 Å². The Morgan fingerprint density at radius 1 is 0.939 bits per heavy atom. The second-order valence-electron chi connectivity index (χ2n) is 15.8. The molecule has 0 bridgehead atoms. The maximum absolute atomic E-state index is 12.5. The number of aliphatic hydroxyl groups excluding tert-OH is 3. The number of hydrogen-bond donors (Lipinski definition) is 3. The van der Waals surface area contributed by atoms with Crippen molar-refractivity contribution in [1.29, 1.82) is 0 Å². The standard InChI is InChI=1S/C38H62O10Si/c1-10-49(11-2,12-3)27-21-25(19-20-39)45-30-23-31-34(48-29(30)22-27)33(41)32(40)28(47-31)18-16-14-13-15-17-26(46-36(43)38(7,8)9)24-44-35(42)37(4,5)6/h15,17,21,25-26,28-34,39-41H,10-13,18-20,22-24H2,1-9H3/b17-15+/t25-,26?,28+,29-,30+,31-,32+,33-,34-/m1/s1. The van der Waals surface area contributed by atoms with E-state index >= 15 is 0 Å². The molecule has 0 aromatic rings. The molecule has 3 heterocycles. The molecule has 11 heteroatoms. The average molecular weight is 707 g/mol. The van der Waals surface area contributed by atoms with Crippen LogP contribution in [0.2, 0.25) is 18.1 Å². The van der Waals surface area contributed by atoms with Crippen LogP contribution in [0.3, 0.4) is 0 Å². The molecule has 0 amide bonds. The SMILES string of the molecule is CC[Si](CC)(CC)C1=C[C@@H](CCO)O[C@H]2C[C@H]3O[C@@H](CC#CC/C=C/C(COC(=O)C(C)(C)C)OC(=O)C(C)(C)C)[C@H](O)[C@@H](O)[C@@H]3O[C@@H]2C1. The van der Waals surface area contributed by atoms with Crippen molar-refractivity contribution in [2.75, 3.05) is 13.2 Å². The van der Waals surface area contributed by atoms with E-state index in [2.05, 4.69) is 38.7 Å². The molecular formula is C38H62O10Si. The number of aliphatic hydroxyl groups is 3. The molecule has 0 spiro atoms. The van der Waals surface area contributed by atoms with Crippen LogP contribution in [0.1, 0.15) is 94.4 Å². The number of esters is 2. The summed E-state index contributed by atoms with van der Waals surface area (Å²) < 4.78 is 30.4. The average Bonchev–Trinajstić information content (AvgIpc) is 3.21. The minimum Gasteiger partial charge on any atom is -0.461 e. The van der Waals surface area contributed by atoms with E-state index in [0.29, 0.717) is 19.3 Å². The van der Waals surface area contributed by atoms with Gasteiger partial charge in [0.1, 0.15) is 24.9 Å². The summed E-state index contributed by atoms with van der Waals surface area (Å²) >= 11 is 0. The van der Waals surface area contributed by atoms with Gasteiger partial charge in [0.25, 0.3) is 0 Å². The van der Waals surface area contributed by atoms with Crippen molar-refractivity contribution in [3.8, 4) is 11.8 Å². The van der Waals surface area contributed by atoms with Gasteiger partial charge in [-0.3, -0.25) is 9.59 Å². The number of allylic oxidation sites excluding steroid dienone is 1. The lowest BCUT2D eigenvalue weighted by Crippen LogP contribution is -2.63. The van der Waals surface area contributed by atoms with Gasteiger partial charge >= 0.3 is 11.9 Å². The van der Waals surface area contributed by atoms with Crippen LogP contribution in [0.4, 0.5) is 0 Å². The number of fused-ring (bicyclic) bond motifs is 2. The van der Waals surface area contributed by atoms with Gasteiger partial charge in [0, 0.05) is 32.3 Å². The van der Waals surface area contributed by atoms with Crippen LogP contribution in [0.5, 0.6) is 0 Å². The summed E-state index contributed by atoms with van der Waals surface area (Å²) in [6.07, 6.45) is 2.31. The highest BCUT2D eigenvalue weighted by molar-refractivity contribution is 6.86. The fraction of sp³-hybridized carbons (Fsp3) is 0.789. The van der Waals surface area contributed by atoms with Crippen molar-refractivity contribution >= 4 is 20.0 Å². The second-order valence-corrected chi connectivity index (χ2v) is 21.1. The van der Waals surface area contributed by atoms with Gasteiger partial charge in [-0.25, -0.2) is 0 Å². The summed E-state index contributed by atoms with van der Waals surface area (Å²) in [5.41, 5.74) is -1.40. The zero-order valence-corrected chi connectivity index (χ0v) is 32.2. The number of hydrogen-bond acceptors (Lipinski definition) is 10. The molecule has 0 radical (unpaired) electrons. The molecule has 2 saturated heterocycles. The van der Waals surface area contributed by atoms with E-state index in [-0.39, 0.29) is 37.9 Å². The third kappa shape index (κ3) is 11.0. The number of rotatable bonds is 12. The van der Waals surface area contributed by atoms with Gasteiger partial charge in [-0.2, -0.15) is 0 Å². The van der Waals surface area contributed by atoms with E-state index in [1.54, 1.807) is 53.7 Å². The molecule has 9 atom stereocenters. The van der Waals surface area contributed by atoms with Gasteiger partial charge < -0.3 is 39.0 Å². The first kappa shape index (κ1) is 41.4. The molecule has 0 aliphatic carbocycles. The van der Waals surface area contributed by atoms with Gasteiger partial charge in [-0.05, 0) is 54.0 Å². The van der Waals surface area contributed by atoms with E-state index in [1.807, 2.05) is 0 Å². The lowest BCUT2D eigenvalue weighted by molar-refractivity contribution is -0.285. The monoisotopic (exact) mass is 706 g/mol. The predicted octanol–water partition coefficient (Wildman–Crippen LogP) is 5.03. The van der Waals surface area contributed by atoms with Crippen molar-refractivity contribution in [2.24, 2.45) is 10.8 Å². The third-order valence-electron chi connectivity index (χ3n) is 10.1. The lowest BCUT2D eigenvalue weighted by Gasteiger charge is -2.49. The van der Waals surface area contributed by atoms with Crippen molar-refractivity contribution in [1.82, 2.24) is 0 Å². The number of carbonyl (C=O) groups excluding carboxylic acids is 2. The molecule has 10 nitrogen and oxygen atoms in total. The maximum Gasteiger partial charge on any atom is 0.311 e. The van der Waals surface area contributed by atoms with Gasteiger partial charge in [0.2, 0.25) is 0 Å². The molecule has 2 fully saturated rings. The van der Waals surface area contributed by atoms with Gasteiger partial charge in [-0.15, -0.1) is 5.92 Å². The first-order valence-corrected chi connectivity index (χ1v) is 20.8. The topological polar surface area (TPSA) is 141 Å². The summed E-state index contributed by atoms with van der Waals surface area (Å²) in [7, 11) is -1.73. The summed E-state index contributed by atoms with van der Waals surface area (Å²) in [6, 6.07) is 3.38. The van der Waals surface area contributed by atoms with E-state index in [1.165, 1.54) is 5.20 Å². The third-order valence-corrected chi connectivity index (χ3v) is 15.9. The van der Waals surface area contributed by atoms with Crippen molar-refractivity contribution in [2.45, 2.75) is 167 Å². The highest BCUT2D eigenvalue weighted by Crippen LogP contribution is 2.41. The summed E-state index contributed by atoms with van der Waals surface area (Å²) in [5, 5.41) is 33.4. The number of ether oxygens (including phenoxy) is 5. The summed E-state index contributed by atoms with van der Waals surface area (Å²) in [4.78, 5) is 24.8. The van der Waals surface area contributed by atoms with Crippen molar-refractivity contribution < 1.29 is 48.6 Å². The molecule has 0 aromatic heterocycles. The van der Waals surface area contributed by atoms with E-state index in [9.17, 15) is 24.9 Å². The largest absolute Gasteiger partial charge is 0.461 e. The molecular weight excluding hydrogens is 644 g/mol. The van der Waals surface area contributed by atoms with Crippen LogP contribution in [0, 0.1) is 22.7 Å². The number of carbonyl (C=O) groups is 2. The Balaban J connectivity index is 1.64. The normalized spacial score (nSPS) is 29.8. The van der Waals surface area contributed by atoms with Crippen molar-refractivity contribution in [3.05, 3.63) is 23.4 Å². The van der Waals surface area contributed by atoms with Crippen LogP contribution in [-0.2, 0) is 33.3 Å². The fourth-order valence-corrected chi connectivity index (χ4v) is 10.8. The van der Waals surface area contributed by atoms with E-state index in [0.717, 1.165) is 24.6 Å². The summed E-state index contributed by atoms with van der Waals surface area (Å²) in [5.74, 6) is 5.28. The van der Waals surface area contributed by atoms with Crippen molar-refractivity contribution in [3.63, 3.8) is 0 Å². The minimum absolute atomic E-state index is 0.0301. The second kappa shape index (κ2) is 17.9. The van der Waals surface area contributed by atoms with Crippen LogP contribution in [0.15, 0.2) is 23.4 Å². The van der Waals surface area contributed by atoms with E-state index in [4.69, 9.17) is 23.7 Å². The first-order valence-electron chi connectivity index (χ1n) is 18.1. The molecule has 49 heavy (non-hydrogen) atoms. The zero-order valence-electron chi connectivity index (χ0n) is 31.2. The fourth-order valence-electron chi connectivity index (χ4n) is 6.75. The van der Waals surface area contributed by atoms with E-state index < -0.39 is 67.5 Å². The minimum atomic E-state index is -1.73. The van der Waals surface area contributed by atoms with Crippen LogP contribution in [0.25, 0.3) is 0 Å². The van der Waals surface area contributed by atoms with Crippen LogP contribution >= 0.6 is 0 Å². The molecule has 3 rings (SSSR count).